The van der Waals surface area contributed by atoms with E-state index in [1.54, 1.807) is 33.2 Å². The number of carbonyl (C=O) groups is 3. The Bertz CT molecular complexity index is 646. The lowest BCUT2D eigenvalue weighted by Gasteiger charge is -2.31. The molecule has 1 N–H and O–H groups in total. The molecule has 0 aromatic heterocycles. The van der Waals surface area contributed by atoms with Gasteiger partial charge in [-0.15, -0.1) is 0 Å². The fraction of sp³-hybridized carbons (Fsp3) is 0.526. The highest BCUT2D eigenvalue weighted by Gasteiger charge is 2.25. The maximum absolute atomic E-state index is 11.6. The fourth-order valence-corrected chi connectivity index (χ4v) is 2.86. The average molecular weight is 363 g/mol. The average Bonchev–Trinajstić information content (AvgIpc) is 2.65. The van der Waals surface area contributed by atoms with E-state index in [2.05, 4.69) is 5.32 Å². The van der Waals surface area contributed by atoms with Crippen LogP contribution >= 0.6 is 0 Å². The van der Waals surface area contributed by atoms with Gasteiger partial charge in [-0.05, 0) is 24.0 Å². The Morgan fingerprint density at radius 2 is 1.92 bits per heavy atom. The van der Waals surface area contributed by atoms with E-state index in [1.165, 1.54) is 4.90 Å². The van der Waals surface area contributed by atoms with E-state index in [0.717, 1.165) is 11.8 Å². The number of hydrogen-bond donors (Lipinski definition) is 1. The number of likely N-dealkylation sites (N-methyl/N-ethyl adjacent to an activating group) is 1. The predicted molar refractivity (Wildman–Crippen MR) is 103 cm³/mol. The molecule has 0 aliphatic carbocycles. The number of nitrogens with zero attached hydrogens (tertiary/aromatic N) is 2. The molecule has 0 aliphatic rings. The van der Waals surface area contributed by atoms with Crippen molar-refractivity contribution in [3.8, 4) is 5.75 Å². The summed E-state index contributed by atoms with van der Waals surface area (Å²) in [5.74, 6) is 0.691. The number of rotatable bonds is 10. The quantitative estimate of drug-likeness (QED) is 0.643. The monoisotopic (exact) mass is 363 g/mol. The van der Waals surface area contributed by atoms with Crippen molar-refractivity contribution >= 4 is 30.0 Å². The van der Waals surface area contributed by atoms with Gasteiger partial charge in [-0.25, -0.2) is 0 Å². The number of ether oxygens (including phenoxy) is 1. The van der Waals surface area contributed by atoms with E-state index in [0.29, 0.717) is 30.0 Å². The first-order valence-corrected chi connectivity index (χ1v) is 8.60. The molecule has 1 aromatic carbocycles. The molecule has 1 unspecified atom stereocenters. The molecule has 0 fully saturated rings. The second-order valence-electron chi connectivity index (χ2n) is 6.45. The smallest absolute Gasteiger partial charge is 0.219 e. The molecule has 1 aromatic rings. The second kappa shape index (κ2) is 9.79. The van der Waals surface area contributed by atoms with E-state index in [4.69, 9.17) is 4.74 Å². The van der Waals surface area contributed by atoms with Crippen molar-refractivity contribution in [1.82, 2.24) is 5.32 Å². The molecule has 144 valence electrons. The molecule has 0 aliphatic heterocycles. The van der Waals surface area contributed by atoms with E-state index < -0.39 is 6.04 Å². The molecule has 0 spiro atoms. The molecule has 2 amide bonds. The van der Waals surface area contributed by atoms with Gasteiger partial charge in [0.25, 0.3) is 0 Å². The number of aldehydes is 1. The molecule has 7 nitrogen and oxygen atoms in total. The number of anilines is 2. The standard InChI is InChI=1S/C19H29N3O4/c1-13(2)15-8-9-16(18(19(15)26-6)21(4)12-24)22(5)14(11-23)7-10-17(25)20-3/h8-9,11-14H,7,10H2,1-6H3,(H,20,25). The van der Waals surface area contributed by atoms with Gasteiger partial charge in [0.15, 0.2) is 0 Å². The number of benzene rings is 1. The fourth-order valence-electron chi connectivity index (χ4n) is 2.86. The summed E-state index contributed by atoms with van der Waals surface area (Å²) in [6.45, 7) is 4.09. The molecule has 1 rings (SSSR count). The molecular formula is C19H29N3O4. The number of amides is 2. The van der Waals surface area contributed by atoms with Crippen LogP contribution in [-0.2, 0) is 14.4 Å². The number of hydrogen-bond acceptors (Lipinski definition) is 5. The Hall–Kier alpha value is -2.57. The highest BCUT2D eigenvalue weighted by molar-refractivity contribution is 5.90. The van der Waals surface area contributed by atoms with E-state index in [9.17, 15) is 14.4 Å². The van der Waals surface area contributed by atoms with E-state index >= 15 is 0 Å². The third-order valence-corrected chi connectivity index (χ3v) is 4.46. The first-order valence-electron chi connectivity index (χ1n) is 8.60. The van der Waals surface area contributed by atoms with Crippen molar-refractivity contribution in [3.63, 3.8) is 0 Å². The van der Waals surface area contributed by atoms with E-state index in [1.807, 2.05) is 26.0 Å². The number of methoxy groups -OCH3 is 1. The van der Waals surface area contributed by atoms with Gasteiger partial charge in [-0.3, -0.25) is 9.59 Å². The number of carbonyl (C=O) groups excluding carboxylic acids is 3. The Kier molecular flexibility index (Phi) is 8.09. The number of nitrogens with one attached hydrogen (secondary N) is 1. The Labute approximate surface area is 155 Å². The highest BCUT2D eigenvalue weighted by atomic mass is 16.5. The van der Waals surface area contributed by atoms with Crippen molar-refractivity contribution in [2.75, 3.05) is 38.1 Å². The van der Waals surface area contributed by atoms with Crippen LogP contribution < -0.4 is 19.9 Å². The van der Waals surface area contributed by atoms with Crippen molar-refractivity contribution in [2.24, 2.45) is 0 Å². The summed E-state index contributed by atoms with van der Waals surface area (Å²) in [5, 5.41) is 2.55. The molecule has 7 heteroatoms. The lowest BCUT2D eigenvalue weighted by atomic mass is 9.99. The summed E-state index contributed by atoms with van der Waals surface area (Å²) < 4.78 is 5.60. The SMILES string of the molecule is CNC(=O)CCC(C=O)N(C)c1ccc(C(C)C)c(OC)c1N(C)C=O. The van der Waals surface area contributed by atoms with Crippen LogP contribution in [0.25, 0.3) is 0 Å². The first-order chi connectivity index (χ1) is 12.3. The van der Waals surface area contributed by atoms with Crippen LogP contribution in [0.5, 0.6) is 5.75 Å². The van der Waals surface area contributed by atoms with Crippen LogP contribution in [0.3, 0.4) is 0 Å². The van der Waals surface area contributed by atoms with Crippen molar-refractivity contribution < 1.29 is 19.1 Å². The van der Waals surface area contributed by atoms with Crippen LogP contribution in [-0.4, -0.2) is 52.9 Å². The van der Waals surface area contributed by atoms with Gasteiger partial charge < -0.3 is 24.6 Å². The molecule has 0 saturated heterocycles. The minimum Gasteiger partial charge on any atom is -0.494 e. The molecule has 0 heterocycles. The topological polar surface area (TPSA) is 79.0 Å². The summed E-state index contributed by atoms with van der Waals surface area (Å²) in [4.78, 5) is 37.8. The summed E-state index contributed by atoms with van der Waals surface area (Å²) in [6.07, 6.45) is 2.14. The van der Waals surface area contributed by atoms with Crippen molar-refractivity contribution in [2.45, 2.75) is 38.6 Å². The summed E-state index contributed by atoms with van der Waals surface area (Å²) >= 11 is 0. The second-order valence-corrected chi connectivity index (χ2v) is 6.45. The van der Waals surface area contributed by atoms with Gasteiger partial charge in [0.2, 0.25) is 12.3 Å². The molecule has 0 radical (unpaired) electrons. The zero-order chi connectivity index (χ0) is 19.9. The third kappa shape index (κ3) is 4.74. The van der Waals surface area contributed by atoms with Gasteiger partial charge in [0, 0.05) is 27.6 Å². The largest absolute Gasteiger partial charge is 0.494 e. The molecule has 26 heavy (non-hydrogen) atoms. The lowest BCUT2D eigenvalue weighted by Crippen LogP contribution is -2.35. The summed E-state index contributed by atoms with van der Waals surface area (Å²) in [7, 11) is 6.55. The Balaban J connectivity index is 3.38. The minimum absolute atomic E-state index is 0.122. The molecular weight excluding hydrogens is 334 g/mol. The van der Waals surface area contributed by atoms with Crippen LogP contribution in [0.4, 0.5) is 11.4 Å². The van der Waals surface area contributed by atoms with E-state index in [-0.39, 0.29) is 18.2 Å². The minimum atomic E-state index is -0.499. The van der Waals surface area contributed by atoms with Gasteiger partial charge in [0.1, 0.15) is 17.7 Å². The van der Waals surface area contributed by atoms with Gasteiger partial charge >= 0.3 is 0 Å². The summed E-state index contributed by atoms with van der Waals surface area (Å²) in [5.41, 5.74) is 2.26. The van der Waals surface area contributed by atoms with Crippen LogP contribution in [0.2, 0.25) is 0 Å². The zero-order valence-corrected chi connectivity index (χ0v) is 16.4. The normalized spacial score (nSPS) is 11.7. The molecule has 1 atom stereocenters. The van der Waals surface area contributed by atoms with Gasteiger partial charge in [-0.1, -0.05) is 19.9 Å². The third-order valence-electron chi connectivity index (χ3n) is 4.46. The van der Waals surface area contributed by atoms with Gasteiger partial charge in [-0.2, -0.15) is 0 Å². The summed E-state index contributed by atoms with van der Waals surface area (Å²) in [6, 6.07) is 3.32. The van der Waals surface area contributed by atoms with Crippen LogP contribution in [0.1, 0.15) is 38.2 Å². The van der Waals surface area contributed by atoms with Crippen molar-refractivity contribution in [3.05, 3.63) is 17.7 Å². The molecule has 0 saturated carbocycles. The van der Waals surface area contributed by atoms with Crippen molar-refractivity contribution in [1.29, 1.82) is 0 Å². The van der Waals surface area contributed by atoms with Crippen LogP contribution in [0.15, 0.2) is 12.1 Å². The maximum Gasteiger partial charge on any atom is 0.219 e. The highest BCUT2D eigenvalue weighted by Crippen LogP contribution is 2.43. The zero-order valence-electron chi connectivity index (χ0n) is 16.4. The lowest BCUT2D eigenvalue weighted by molar-refractivity contribution is -0.120. The van der Waals surface area contributed by atoms with Crippen LogP contribution in [0, 0.1) is 0 Å². The first kappa shape index (κ1) is 21.5. The maximum atomic E-state index is 11.6. The molecule has 0 bridgehead atoms. The Morgan fingerprint density at radius 3 is 2.38 bits per heavy atom. The predicted octanol–water partition coefficient (Wildman–Crippen LogP) is 1.94. The Morgan fingerprint density at radius 1 is 1.27 bits per heavy atom. The van der Waals surface area contributed by atoms with Gasteiger partial charge in [0.05, 0.1) is 18.8 Å².